The number of nitrogens with zero attached hydrogens (tertiary/aromatic N) is 5. The molecule has 0 fully saturated rings. The highest BCUT2D eigenvalue weighted by Crippen LogP contribution is 2.46. The summed E-state index contributed by atoms with van der Waals surface area (Å²) in [5.74, 6) is 0. The molecule has 0 radical (unpaired) electrons. The summed E-state index contributed by atoms with van der Waals surface area (Å²) in [6, 6.07) is 123. The number of hydrogen-bond donors (Lipinski definition) is 3. The van der Waals surface area contributed by atoms with Gasteiger partial charge in [0.05, 0.1) is 96.6 Å². The van der Waals surface area contributed by atoms with E-state index < -0.39 is 12.0 Å². The molecule has 0 aliphatic heterocycles. The van der Waals surface area contributed by atoms with Gasteiger partial charge in [-0.15, -0.1) is 0 Å². The van der Waals surface area contributed by atoms with Crippen LogP contribution in [0.1, 0.15) is 11.1 Å². The number of halogens is 7. The molecule has 1 aliphatic rings. The van der Waals surface area contributed by atoms with Crippen LogP contribution in [-0.4, -0.2) is 45.7 Å². The first-order chi connectivity index (χ1) is 60.0. The van der Waals surface area contributed by atoms with Crippen molar-refractivity contribution in [3.63, 3.8) is 0 Å². The molecular weight excluding hydrogens is 1860 g/mol. The van der Waals surface area contributed by atoms with Gasteiger partial charge in [0.1, 0.15) is 0 Å². The first kappa shape index (κ1) is 81.6. The number of aromatic amines is 1. The molecule has 20 heteroatoms. The number of H-pyrrole nitrogens is 1. The normalized spacial score (nSPS) is 11.4. The summed E-state index contributed by atoms with van der Waals surface area (Å²) in [5.41, 5.74) is 18.8. The lowest BCUT2D eigenvalue weighted by Crippen LogP contribution is -2.32. The highest BCUT2D eigenvalue weighted by Gasteiger charge is 2.28. The van der Waals surface area contributed by atoms with Crippen LogP contribution in [0.3, 0.4) is 0 Å². The van der Waals surface area contributed by atoms with E-state index in [0.717, 1.165) is 117 Å². The number of benzene rings is 18. The van der Waals surface area contributed by atoms with Crippen LogP contribution in [0.4, 0.5) is 11.4 Å². The predicted octanol–water partition coefficient (Wildman–Crippen LogP) is 30.0. The number of aromatic nitrogens is 4. The van der Waals surface area contributed by atoms with Crippen LogP contribution >= 0.6 is 101 Å². The van der Waals surface area contributed by atoms with Gasteiger partial charge in [-0.05, 0) is 223 Å². The molecule has 0 saturated heterocycles. The maximum Gasteiger partial charge on any atom is 0.496 e. The Hall–Kier alpha value is -12.4. The molecule has 123 heavy (non-hydrogen) atoms. The lowest BCUT2D eigenvalue weighted by atomic mass is 9.76. The number of nitrogens with one attached hydrogen (secondary N) is 1. The Morgan fingerprint density at radius 2 is 0.772 bits per heavy atom. The van der Waals surface area contributed by atoms with E-state index in [2.05, 4.69) is 261 Å². The van der Waals surface area contributed by atoms with Gasteiger partial charge in [0.15, 0.2) is 0 Å². The minimum absolute atomic E-state index is 0.0666. The Kier molecular flexibility index (Phi) is 23.3. The van der Waals surface area contributed by atoms with Crippen molar-refractivity contribution in [2.75, 3.05) is 0 Å². The van der Waals surface area contributed by atoms with Crippen molar-refractivity contribution in [2.24, 2.45) is 0 Å². The third kappa shape index (κ3) is 15.8. The van der Waals surface area contributed by atoms with Crippen LogP contribution in [0.25, 0.3) is 159 Å². The van der Waals surface area contributed by atoms with Crippen molar-refractivity contribution < 1.29 is 19.9 Å². The smallest absolute Gasteiger partial charge is 0.423 e. The van der Waals surface area contributed by atoms with Gasteiger partial charge in [-0.1, -0.05) is 303 Å². The summed E-state index contributed by atoms with van der Waals surface area (Å²) in [6.07, 6.45) is 1.08. The molecule has 3 N–H and O–H groups in total. The molecular formula is C103H66BBr2Cl4IN6O6. The molecule has 1 aliphatic carbocycles. The summed E-state index contributed by atoms with van der Waals surface area (Å²) in [5, 5.41) is 59.2. The summed E-state index contributed by atoms with van der Waals surface area (Å²) in [6.45, 7) is 0. The van der Waals surface area contributed by atoms with Gasteiger partial charge in [0.25, 0.3) is 11.4 Å². The molecule has 18 aromatic carbocycles. The van der Waals surface area contributed by atoms with E-state index >= 15 is 0 Å². The monoisotopic (exact) mass is 1920 g/mol. The maximum atomic E-state index is 11.9. The van der Waals surface area contributed by atoms with E-state index in [1.54, 1.807) is 42.5 Å². The number of para-hydroxylation sites is 6. The Balaban J connectivity index is 0.000000106. The molecule has 12 nitrogen and oxygen atoms in total. The van der Waals surface area contributed by atoms with Crippen LogP contribution in [-0.2, 0) is 6.42 Å². The summed E-state index contributed by atoms with van der Waals surface area (Å²) in [7, 11) is -1.86. The minimum atomic E-state index is -1.86. The fraction of sp³-hybridized carbons (Fsp3) is 0.00971. The van der Waals surface area contributed by atoms with E-state index in [1.165, 1.54) is 82.4 Å². The molecule has 4 aromatic heterocycles. The van der Waals surface area contributed by atoms with Crippen molar-refractivity contribution >= 4 is 244 Å². The Labute approximate surface area is 755 Å². The van der Waals surface area contributed by atoms with Crippen molar-refractivity contribution in [3.8, 4) is 39.3 Å². The fourth-order valence-electron chi connectivity index (χ4n) is 16.9. The van der Waals surface area contributed by atoms with E-state index in [4.69, 9.17) is 46.4 Å². The standard InChI is InChI=1S/C28H17ClN2O2.C28H17ClN2.C18H11BrClN.C13H9Br.C10H8BNO4.C6H4ClI/c29-23-10-4-6-12-26(23)30-24-11-5-3-9-21(24)22-17-19(14-15-25(22)30)28-20-8-2-1-7-18(20)13-16-27(28)31(32)33;29-21-10-4-6-12-24(21)31-23-11-5-3-9-19(23)27-25(31)16-14-20-26-18-8-2-1-7-17(18)13-15-22(26)30-28(20)27;19-12-9-10-17-14(11-12)13-5-1-3-7-16(13)21(17)18-8-4-2-6-15(18)20;14-11-6-5-10-7-9-3-1-2-4-12(9)13(10)8-11;13-11(14)10-8-4-2-1-3-7(8)5-6-9(10)12(15)16;7-5-3-1-2-4-6(5)8/h1-17H;1-16,30H;1-11H;1-6,8H,7H2;1-6,13-14H;1-4H. The summed E-state index contributed by atoms with van der Waals surface area (Å²) in [4.78, 5) is 25.5. The van der Waals surface area contributed by atoms with Crippen LogP contribution in [0, 0.1) is 23.8 Å². The third-order valence-corrected chi connectivity index (χ3v) is 25.8. The number of nitro benzene ring substituents is 2. The fourth-order valence-corrected chi connectivity index (χ4v) is 18.8. The molecule has 0 amide bonds. The molecule has 4 heterocycles. The van der Waals surface area contributed by atoms with Crippen LogP contribution in [0.2, 0.25) is 20.1 Å². The van der Waals surface area contributed by atoms with Crippen molar-refractivity contribution in [1.82, 2.24) is 18.7 Å². The van der Waals surface area contributed by atoms with Gasteiger partial charge in [0, 0.05) is 73.3 Å². The van der Waals surface area contributed by atoms with E-state index in [-0.39, 0.29) is 21.8 Å². The van der Waals surface area contributed by atoms with Gasteiger partial charge in [-0.3, -0.25) is 20.2 Å². The lowest BCUT2D eigenvalue weighted by molar-refractivity contribution is -0.384. The molecule has 0 unspecified atom stereocenters. The van der Waals surface area contributed by atoms with Crippen molar-refractivity contribution in [2.45, 2.75) is 6.42 Å². The van der Waals surface area contributed by atoms with Crippen LogP contribution < -0.4 is 5.46 Å². The average molecular weight is 1920 g/mol. The summed E-state index contributed by atoms with van der Waals surface area (Å²) < 4.78 is 9.99. The topological polar surface area (TPSA) is 157 Å². The van der Waals surface area contributed by atoms with Gasteiger partial charge in [-0.2, -0.15) is 0 Å². The molecule has 23 rings (SSSR count). The van der Waals surface area contributed by atoms with Crippen molar-refractivity contribution in [3.05, 3.63) is 434 Å². The molecule has 0 atom stereocenters. The zero-order valence-electron chi connectivity index (χ0n) is 64.9. The number of nitro groups is 2. The van der Waals surface area contributed by atoms with Crippen molar-refractivity contribution in [1.29, 1.82) is 0 Å². The van der Waals surface area contributed by atoms with Gasteiger partial charge >= 0.3 is 7.12 Å². The first-order valence-corrected chi connectivity index (χ1v) is 43.4. The Morgan fingerprint density at radius 1 is 0.350 bits per heavy atom. The average Bonchev–Trinajstić information content (AvgIpc) is 1.52. The molecule has 0 spiro atoms. The van der Waals surface area contributed by atoms with Gasteiger partial charge < -0.3 is 28.7 Å². The molecule has 596 valence electrons. The Morgan fingerprint density at radius 3 is 1.35 bits per heavy atom. The van der Waals surface area contributed by atoms with Crippen LogP contribution in [0.5, 0.6) is 0 Å². The minimum Gasteiger partial charge on any atom is -0.423 e. The lowest BCUT2D eigenvalue weighted by Gasteiger charge is -2.11. The number of fused-ring (bicyclic) bond motifs is 20. The molecule has 0 bridgehead atoms. The SMILES string of the molecule is Brc1ccc2c(c1)-c1ccccc1C2.Clc1ccccc1-n1c2ccccc2c2c3[nH]c4ccc5ccccc5c4c3ccc21.Clc1ccccc1-n1c2ccccc2c2cc(Br)ccc21.Clc1ccccc1I.O=[N+]([O-])c1ccc2ccccc2c1-c1ccc2c(c1)c1ccccc1n2-c1ccccc1Cl.O=[N+]([O-])c1ccc2ccccc2c1B(O)O. The maximum absolute atomic E-state index is 11.9. The van der Waals surface area contributed by atoms with E-state index in [0.29, 0.717) is 16.0 Å². The molecule has 22 aromatic rings. The zero-order chi connectivity index (χ0) is 84.7. The summed E-state index contributed by atoms with van der Waals surface area (Å²) >= 11 is 34.6. The highest BCUT2D eigenvalue weighted by atomic mass is 127. The predicted molar refractivity (Wildman–Crippen MR) is 529 cm³/mol. The second-order valence-corrected chi connectivity index (χ2v) is 34.0. The third-order valence-electron chi connectivity index (χ3n) is 22.3. The second kappa shape index (κ2) is 35.2. The zero-order valence-corrected chi connectivity index (χ0v) is 73.3. The largest absolute Gasteiger partial charge is 0.496 e. The van der Waals surface area contributed by atoms with Gasteiger partial charge in [-0.25, -0.2) is 0 Å². The van der Waals surface area contributed by atoms with Gasteiger partial charge in [0.2, 0.25) is 0 Å². The van der Waals surface area contributed by atoms with E-state index in [9.17, 15) is 30.3 Å². The number of hydrogen-bond acceptors (Lipinski definition) is 6. The van der Waals surface area contributed by atoms with E-state index in [1.807, 2.05) is 133 Å². The first-order valence-electron chi connectivity index (χ1n) is 39.2. The quantitative estimate of drug-likeness (QED) is 0.0624. The second-order valence-electron chi connectivity index (χ2n) is 29.4. The van der Waals surface area contributed by atoms with Crippen LogP contribution in [0.15, 0.2) is 379 Å². The highest BCUT2D eigenvalue weighted by molar-refractivity contribution is 14.1. The number of rotatable bonds is 7. The molecule has 0 saturated carbocycles. The Bertz CT molecular complexity index is 7930.